The second-order valence-electron chi connectivity index (χ2n) is 6.56. The lowest BCUT2D eigenvalue weighted by molar-refractivity contribution is -0.144. The van der Waals surface area contributed by atoms with Crippen LogP contribution in [0.1, 0.15) is 24.0 Å². The predicted molar refractivity (Wildman–Crippen MR) is 99.0 cm³/mol. The topological polar surface area (TPSA) is 41.6 Å². The van der Waals surface area contributed by atoms with Crippen LogP contribution in [0, 0.1) is 0 Å². The van der Waals surface area contributed by atoms with Crippen molar-refractivity contribution in [1.29, 1.82) is 0 Å². The van der Waals surface area contributed by atoms with Crippen molar-refractivity contribution in [3.05, 3.63) is 71.8 Å². The molecule has 0 aromatic heterocycles. The Morgan fingerprint density at radius 2 is 1.56 bits per heavy atom. The fraction of sp³-hybridized carbons (Fsp3) is 0.381. The van der Waals surface area contributed by atoms with E-state index in [0.29, 0.717) is 12.6 Å². The van der Waals surface area contributed by atoms with Crippen molar-refractivity contribution in [3.8, 4) is 0 Å². The zero-order chi connectivity index (χ0) is 17.3. The molecule has 0 bridgehead atoms. The normalized spacial score (nSPS) is 15.8. The number of ether oxygens (including phenoxy) is 1. The largest absolute Gasteiger partial charge is 0.460 e. The van der Waals surface area contributed by atoms with Crippen LogP contribution in [0.25, 0.3) is 0 Å². The molecular weight excluding hydrogens is 312 g/mol. The third-order valence-corrected chi connectivity index (χ3v) is 4.61. The van der Waals surface area contributed by atoms with Crippen molar-refractivity contribution in [2.24, 2.45) is 0 Å². The Labute approximate surface area is 149 Å². The molecule has 1 heterocycles. The van der Waals surface area contributed by atoms with Crippen LogP contribution < -0.4 is 5.32 Å². The highest BCUT2D eigenvalue weighted by Crippen LogP contribution is 2.13. The standard InChI is InChI=1S/C21H26N2O2/c24-21(25-17-19-9-5-2-6-10-19)15-22-20-11-13-23(14-12-20)16-18-7-3-1-4-8-18/h1-10,20,22H,11-17H2. The molecule has 25 heavy (non-hydrogen) atoms. The molecule has 1 aliphatic rings. The molecule has 1 fully saturated rings. The number of nitrogens with one attached hydrogen (secondary N) is 1. The lowest BCUT2D eigenvalue weighted by Gasteiger charge is -2.32. The van der Waals surface area contributed by atoms with Gasteiger partial charge in [-0.15, -0.1) is 0 Å². The molecule has 1 aliphatic heterocycles. The zero-order valence-electron chi connectivity index (χ0n) is 14.6. The van der Waals surface area contributed by atoms with Crippen LogP contribution in [0.3, 0.4) is 0 Å². The number of hydrogen-bond donors (Lipinski definition) is 1. The van der Waals surface area contributed by atoms with Gasteiger partial charge in [0.15, 0.2) is 0 Å². The number of rotatable bonds is 7. The van der Waals surface area contributed by atoms with E-state index >= 15 is 0 Å². The minimum Gasteiger partial charge on any atom is -0.460 e. The Balaban J connectivity index is 1.31. The van der Waals surface area contributed by atoms with E-state index in [1.807, 2.05) is 30.3 Å². The van der Waals surface area contributed by atoms with Gasteiger partial charge in [0.05, 0.1) is 6.54 Å². The van der Waals surface area contributed by atoms with Gasteiger partial charge in [0.2, 0.25) is 0 Å². The molecule has 0 saturated carbocycles. The second-order valence-corrected chi connectivity index (χ2v) is 6.56. The molecule has 2 aromatic carbocycles. The fourth-order valence-corrected chi connectivity index (χ4v) is 3.15. The molecule has 132 valence electrons. The van der Waals surface area contributed by atoms with E-state index < -0.39 is 0 Å². The molecule has 1 saturated heterocycles. The van der Waals surface area contributed by atoms with Crippen molar-refractivity contribution in [3.63, 3.8) is 0 Å². The summed E-state index contributed by atoms with van der Waals surface area (Å²) < 4.78 is 5.31. The number of carbonyl (C=O) groups excluding carboxylic acids is 1. The van der Waals surface area contributed by atoms with Gasteiger partial charge in [-0.25, -0.2) is 0 Å². The summed E-state index contributed by atoms with van der Waals surface area (Å²) in [6.45, 7) is 3.76. The van der Waals surface area contributed by atoms with Gasteiger partial charge in [-0.05, 0) is 37.1 Å². The molecule has 0 aliphatic carbocycles. The van der Waals surface area contributed by atoms with Gasteiger partial charge in [-0.1, -0.05) is 60.7 Å². The highest BCUT2D eigenvalue weighted by atomic mass is 16.5. The van der Waals surface area contributed by atoms with E-state index in [1.165, 1.54) is 5.56 Å². The highest BCUT2D eigenvalue weighted by molar-refractivity contribution is 5.71. The lowest BCUT2D eigenvalue weighted by Crippen LogP contribution is -2.43. The summed E-state index contributed by atoms with van der Waals surface area (Å²) >= 11 is 0. The number of carbonyl (C=O) groups is 1. The summed E-state index contributed by atoms with van der Waals surface area (Å²) in [7, 11) is 0. The van der Waals surface area contributed by atoms with Gasteiger partial charge in [-0.2, -0.15) is 0 Å². The maximum absolute atomic E-state index is 11.9. The van der Waals surface area contributed by atoms with Crippen molar-refractivity contribution >= 4 is 5.97 Å². The Hall–Kier alpha value is -2.17. The minimum atomic E-state index is -0.185. The Morgan fingerprint density at radius 3 is 2.20 bits per heavy atom. The number of nitrogens with zero attached hydrogens (tertiary/aromatic N) is 1. The summed E-state index contributed by atoms with van der Waals surface area (Å²) in [4.78, 5) is 14.3. The smallest absolute Gasteiger partial charge is 0.320 e. The summed E-state index contributed by atoms with van der Waals surface area (Å²) in [5, 5.41) is 3.34. The van der Waals surface area contributed by atoms with Gasteiger partial charge >= 0.3 is 5.97 Å². The SMILES string of the molecule is O=C(CNC1CCN(Cc2ccccc2)CC1)OCc1ccccc1. The fourth-order valence-electron chi connectivity index (χ4n) is 3.15. The first-order valence-corrected chi connectivity index (χ1v) is 8.99. The maximum Gasteiger partial charge on any atom is 0.320 e. The summed E-state index contributed by atoms with van der Waals surface area (Å²) in [6.07, 6.45) is 2.14. The second kappa shape index (κ2) is 9.35. The minimum absolute atomic E-state index is 0.185. The van der Waals surface area contributed by atoms with E-state index in [-0.39, 0.29) is 12.5 Å². The maximum atomic E-state index is 11.9. The summed E-state index contributed by atoms with van der Waals surface area (Å²) in [5.41, 5.74) is 2.38. The van der Waals surface area contributed by atoms with Crippen LogP contribution >= 0.6 is 0 Å². The van der Waals surface area contributed by atoms with E-state index in [1.54, 1.807) is 0 Å². The molecule has 2 aromatic rings. The van der Waals surface area contributed by atoms with E-state index in [9.17, 15) is 4.79 Å². The number of likely N-dealkylation sites (tertiary alicyclic amines) is 1. The van der Waals surface area contributed by atoms with Crippen molar-refractivity contribution in [1.82, 2.24) is 10.2 Å². The van der Waals surface area contributed by atoms with Gasteiger partial charge in [-0.3, -0.25) is 9.69 Å². The molecule has 0 radical (unpaired) electrons. The molecule has 0 atom stereocenters. The Bertz CT molecular complexity index is 637. The van der Waals surface area contributed by atoms with Crippen LogP contribution in [0.2, 0.25) is 0 Å². The highest BCUT2D eigenvalue weighted by Gasteiger charge is 2.19. The van der Waals surface area contributed by atoms with Crippen LogP contribution in [0.4, 0.5) is 0 Å². The monoisotopic (exact) mass is 338 g/mol. The summed E-state index contributed by atoms with van der Waals surface area (Å²) in [5.74, 6) is -0.185. The number of esters is 1. The van der Waals surface area contributed by atoms with Crippen molar-refractivity contribution < 1.29 is 9.53 Å². The van der Waals surface area contributed by atoms with E-state index in [2.05, 4.69) is 40.5 Å². The van der Waals surface area contributed by atoms with E-state index in [4.69, 9.17) is 4.74 Å². The van der Waals surface area contributed by atoms with Gasteiger partial charge in [0.25, 0.3) is 0 Å². The van der Waals surface area contributed by atoms with Crippen molar-refractivity contribution in [2.75, 3.05) is 19.6 Å². The molecule has 4 nitrogen and oxygen atoms in total. The average Bonchev–Trinajstić information content (AvgIpc) is 2.67. The third kappa shape index (κ3) is 6.00. The van der Waals surface area contributed by atoms with Gasteiger partial charge in [0.1, 0.15) is 6.61 Å². The van der Waals surface area contributed by atoms with Crippen LogP contribution in [-0.4, -0.2) is 36.5 Å². The van der Waals surface area contributed by atoms with Gasteiger partial charge in [0, 0.05) is 12.6 Å². The van der Waals surface area contributed by atoms with Crippen LogP contribution in [-0.2, 0) is 22.7 Å². The lowest BCUT2D eigenvalue weighted by atomic mass is 10.0. The van der Waals surface area contributed by atoms with Gasteiger partial charge < -0.3 is 10.1 Å². The van der Waals surface area contributed by atoms with Crippen LogP contribution in [0.15, 0.2) is 60.7 Å². The molecule has 0 amide bonds. The molecule has 3 rings (SSSR count). The average molecular weight is 338 g/mol. The number of hydrogen-bond acceptors (Lipinski definition) is 4. The third-order valence-electron chi connectivity index (χ3n) is 4.61. The molecule has 0 unspecified atom stereocenters. The first-order chi connectivity index (χ1) is 12.3. The summed E-state index contributed by atoms with van der Waals surface area (Å²) in [6, 6.07) is 20.8. The Kier molecular flexibility index (Phi) is 6.60. The quantitative estimate of drug-likeness (QED) is 0.788. The number of benzene rings is 2. The van der Waals surface area contributed by atoms with Crippen LogP contribution in [0.5, 0.6) is 0 Å². The molecule has 0 spiro atoms. The predicted octanol–water partition coefficient (Wildman–Crippen LogP) is 2.98. The molecule has 4 heteroatoms. The first-order valence-electron chi connectivity index (χ1n) is 8.99. The van der Waals surface area contributed by atoms with E-state index in [0.717, 1.165) is 38.0 Å². The number of piperidine rings is 1. The van der Waals surface area contributed by atoms with Crippen molar-refractivity contribution in [2.45, 2.75) is 32.0 Å². The first kappa shape index (κ1) is 17.6. The molecular formula is C21H26N2O2. The zero-order valence-corrected chi connectivity index (χ0v) is 14.6. The Morgan fingerprint density at radius 1 is 0.960 bits per heavy atom. The molecule has 1 N–H and O–H groups in total.